The highest BCUT2D eigenvalue weighted by atomic mass is 32.2. The van der Waals surface area contributed by atoms with Gasteiger partial charge in [-0.05, 0) is 49.2 Å². The first kappa shape index (κ1) is 16.5. The number of methoxy groups -OCH3 is 1. The van der Waals surface area contributed by atoms with E-state index in [1.807, 2.05) is 38.1 Å². The molecule has 0 saturated carbocycles. The molecule has 0 amide bonds. The van der Waals surface area contributed by atoms with Crippen LogP contribution in [0.25, 0.3) is 0 Å². The van der Waals surface area contributed by atoms with Gasteiger partial charge in [0.1, 0.15) is 15.5 Å². The number of pyridine rings is 2. The summed E-state index contributed by atoms with van der Waals surface area (Å²) in [5.41, 5.74) is 2.23. The van der Waals surface area contributed by atoms with Gasteiger partial charge in [-0.3, -0.25) is 4.90 Å². The maximum Gasteiger partial charge on any atom is 0.213 e. The highest BCUT2D eigenvalue weighted by Gasteiger charge is 2.38. The van der Waals surface area contributed by atoms with Crippen LogP contribution in [0.15, 0.2) is 58.6 Å². The Hall–Kier alpha value is -2.93. The van der Waals surface area contributed by atoms with Crippen molar-refractivity contribution in [2.24, 2.45) is 0 Å². The number of aryl methyl sites for hydroxylation is 2. The molecular weight excluding hydrogens is 350 g/mol. The second-order valence-corrected chi connectivity index (χ2v) is 8.07. The molecule has 0 radical (unpaired) electrons. The van der Waals surface area contributed by atoms with Crippen molar-refractivity contribution in [2.45, 2.75) is 23.6 Å². The van der Waals surface area contributed by atoms with E-state index < -0.39 is 9.84 Å². The van der Waals surface area contributed by atoms with Crippen molar-refractivity contribution >= 4 is 27.2 Å². The van der Waals surface area contributed by atoms with Crippen LogP contribution in [0.3, 0.4) is 0 Å². The molecule has 26 heavy (non-hydrogen) atoms. The summed E-state index contributed by atoms with van der Waals surface area (Å²) in [4.78, 5) is 10.9. The van der Waals surface area contributed by atoms with Crippen molar-refractivity contribution in [2.75, 3.05) is 12.0 Å². The van der Waals surface area contributed by atoms with E-state index in [1.54, 1.807) is 36.5 Å². The number of fused-ring (bicyclic) bond motifs is 2. The summed E-state index contributed by atoms with van der Waals surface area (Å²) >= 11 is 0. The van der Waals surface area contributed by atoms with Crippen LogP contribution in [0.5, 0.6) is 5.75 Å². The molecule has 1 aliphatic rings. The average molecular weight is 367 g/mol. The van der Waals surface area contributed by atoms with Crippen LogP contribution in [0, 0.1) is 13.8 Å². The minimum atomic E-state index is -3.71. The molecule has 4 rings (SSSR count). The van der Waals surface area contributed by atoms with Gasteiger partial charge in [0.25, 0.3) is 0 Å². The van der Waals surface area contributed by atoms with E-state index in [9.17, 15) is 8.42 Å². The minimum absolute atomic E-state index is 0.170. The summed E-state index contributed by atoms with van der Waals surface area (Å²) < 4.78 is 31.9. The number of aromatic nitrogens is 2. The monoisotopic (exact) mass is 367 g/mol. The van der Waals surface area contributed by atoms with Gasteiger partial charge < -0.3 is 4.74 Å². The summed E-state index contributed by atoms with van der Waals surface area (Å²) in [7, 11) is -2.14. The predicted molar refractivity (Wildman–Crippen MR) is 98.2 cm³/mol. The van der Waals surface area contributed by atoms with Gasteiger partial charge in [0.2, 0.25) is 9.84 Å². The lowest BCUT2D eigenvalue weighted by Crippen LogP contribution is -2.25. The van der Waals surface area contributed by atoms with E-state index in [0.29, 0.717) is 23.1 Å². The Morgan fingerprint density at radius 2 is 1.46 bits per heavy atom. The first-order valence-electron chi connectivity index (χ1n) is 8.05. The summed E-state index contributed by atoms with van der Waals surface area (Å²) in [5.74, 6) is 1.25. The quantitative estimate of drug-likeness (QED) is 0.538. The third-order valence-electron chi connectivity index (χ3n) is 4.27. The second-order valence-electron chi connectivity index (χ2n) is 6.18. The van der Waals surface area contributed by atoms with Crippen molar-refractivity contribution < 1.29 is 13.2 Å². The van der Waals surface area contributed by atoms with Gasteiger partial charge in [0.15, 0.2) is 11.6 Å². The van der Waals surface area contributed by atoms with E-state index in [0.717, 1.165) is 11.1 Å². The fraction of sp³-hybridized carbons (Fsp3) is 0.158. The molecule has 1 aliphatic heterocycles. The fourth-order valence-electron chi connectivity index (χ4n) is 3.06. The Bertz CT molecular complexity index is 1070. The molecule has 1 aromatic carbocycles. The highest BCUT2D eigenvalue weighted by molar-refractivity contribution is 7.92. The SMILES string of the molecule is COc1ccccc1N1c2ncc(C)cc2S(=O)(=O)c2cc(C)cnc21. The molecule has 0 N–H and O–H groups in total. The van der Waals surface area contributed by atoms with E-state index in [4.69, 9.17) is 4.74 Å². The molecule has 2 aromatic heterocycles. The topological polar surface area (TPSA) is 72.4 Å². The lowest BCUT2D eigenvalue weighted by molar-refractivity contribution is 0.415. The van der Waals surface area contributed by atoms with Crippen molar-refractivity contribution in [1.82, 2.24) is 9.97 Å². The molecule has 0 bridgehead atoms. The maximum atomic E-state index is 13.2. The number of hydrogen-bond acceptors (Lipinski definition) is 6. The number of benzene rings is 1. The normalized spacial score (nSPS) is 14.5. The Labute approximate surface area is 152 Å². The Morgan fingerprint density at radius 1 is 0.923 bits per heavy atom. The van der Waals surface area contributed by atoms with Gasteiger partial charge in [-0.25, -0.2) is 18.4 Å². The van der Waals surface area contributed by atoms with Gasteiger partial charge in [-0.1, -0.05) is 12.1 Å². The number of hydrogen-bond donors (Lipinski definition) is 0. The van der Waals surface area contributed by atoms with Crippen LogP contribution in [-0.4, -0.2) is 25.5 Å². The van der Waals surface area contributed by atoms with Crippen LogP contribution in [0.1, 0.15) is 11.1 Å². The van der Waals surface area contributed by atoms with E-state index in [-0.39, 0.29) is 9.79 Å². The number of ether oxygens (including phenoxy) is 1. The molecule has 3 aromatic rings. The van der Waals surface area contributed by atoms with Gasteiger partial charge in [-0.15, -0.1) is 0 Å². The van der Waals surface area contributed by atoms with Gasteiger partial charge in [-0.2, -0.15) is 0 Å². The van der Waals surface area contributed by atoms with Crippen LogP contribution < -0.4 is 9.64 Å². The van der Waals surface area contributed by atoms with Crippen molar-refractivity contribution in [1.29, 1.82) is 0 Å². The molecule has 0 spiro atoms. The van der Waals surface area contributed by atoms with Crippen molar-refractivity contribution in [3.05, 3.63) is 59.9 Å². The van der Waals surface area contributed by atoms with Gasteiger partial charge in [0.05, 0.1) is 12.8 Å². The van der Waals surface area contributed by atoms with Crippen LogP contribution in [-0.2, 0) is 9.84 Å². The molecule has 0 unspecified atom stereocenters. The molecule has 7 heteroatoms. The standard InChI is InChI=1S/C19H17N3O3S/c1-12-8-16-18(20-10-12)22(14-6-4-5-7-15(14)25-3)19-17(26(16,23)24)9-13(2)11-21-19/h4-11H,1-3H3. The van der Waals surface area contributed by atoms with Crippen molar-refractivity contribution in [3.8, 4) is 5.75 Å². The molecule has 132 valence electrons. The van der Waals surface area contributed by atoms with Crippen molar-refractivity contribution in [3.63, 3.8) is 0 Å². The third-order valence-corrected chi connectivity index (χ3v) is 6.03. The van der Waals surface area contributed by atoms with E-state index in [2.05, 4.69) is 9.97 Å². The third kappa shape index (κ3) is 2.35. The zero-order chi connectivity index (χ0) is 18.5. The highest BCUT2D eigenvalue weighted by Crippen LogP contribution is 2.48. The fourth-order valence-corrected chi connectivity index (χ4v) is 4.75. The van der Waals surface area contributed by atoms with Crippen LogP contribution >= 0.6 is 0 Å². The lowest BCUT2D eigenvalue weighted by Gasteiger charge is -2.31. The van der Waals surface area contributed by atoms with Crippen LogP contribution in [0.2, 0.25) is 0 Å². The molecular formula is C19H17N3O3S. The molecule has 0 saturated heterocycles. The number of para-hydroxylation sites is 2. The first-order valence-corrected chi connectivity index (χ1v) is 9.53. The molecule has 6 nitrogen and oxygen atoms in total. The van der Waals surface area contributed by atoms with E-state index in [1.165, 1.54) is 0 Å². The molecule has 0 aliphatic carbocycles. The minimum Gasteiger partial charge on any atom is -0.495 e. The number of sulfone groups is 1. The molecule has 0 atom stereocenters. The Kier molecular flexibility index (Phi) is 3.69. The summed E-state index contributed by atoms with van der Waals surface area (Å²) in [6, 6.07) is 10.7. The van der Waals surface area contributed by atoms with Gasteiger partial charge in [0, 0.05) is 12.4 Å². The summed E-state index contributed by atoms with van der Waals surface area (Å²) in [6.07, 6.45) is 3.30. The number of rotatable bonds is 2. The summed E-state index contributed by atoms with van der Waals surface area (Å²) in [5, 5.41) is 0. The number of nitrogens with zero attached hydrogens (tertiary/aromatic N) is 3. The first-order chi connectivity index (χ1) is 12.4. The molecule has 0 fully saturated rings. The smallest absolute Gasteiger partial charge is 0.213 e. The predicted octanol–water partition coefficient (Wildman–Crippen LogP) is 3.72. The second kappa shape index (κ2) is 5.81. The van der Waals surface area contributed by atoms with E-state index >= 15 is 0 Å². The Balaban J connectivity index is 2.11. The van der Waals surface area contributed by atoms with Crippen LogP contribution in [0.4, 0.5) is 17.3 Å². The zero-order valence-corrected chi connectivity index (χ0v) is 15.4. The Morgan fingerprint density at radius 3 is 2.00 bits per heavy atom. The maximum absolute atomic E-state index is 13.2. The largest absolute Gasteiger partial charge is 0.495 e. The van der Waals surface area contributed by atoms with Gasteiger partial charge >= 0.3 is 0 Å². The number of anilines is 3. The molecule has 3 heterocycles. The summed E-state index contributed by atoms with van der Waals surface area (Å²) in [6.45, 7) is 3.64. The zero-order valence-electron chi connectivity index (χ0n) is 14.6. The lowest BCUT2D eigenvalue weighted by atomic mass is 10.2. The average Bonchev–Trinajstić information content (AvgIpc) is 2.63.